The molecule has 7 heteroatoms. The second-order valence-corrected chi connectivity index (χ2v) is 8.45. The Morgan fingerprint density at radius 2 is 1.78 bits per heavy atom. The van der Waals surface area contributed by atoms with E-state index in [9.17, 15) is 4.79 Å². The van der Waals surface area contributed by atoms with Gasteiger partial charge in [-0.2, -0.15) is 0 Å². The Bertz CT molecular complexity index is 589. The Hall–Kier alpha value is -2.05. The molecule has 0 spiro atoms. The van der Waals surface area contributed by atoms with Gasteiger partial charge in [-0.05, 0) is 56.3 Å². The van der Waals surface area contributed by atoms with Crippen LogP contribution in [0.25, 0.3) is 0 Å². The number of primary amides is 1. The molecule has 0 aromatic carbocycles. The van der Waals surface area contributed by atoms with Crippen molar-refractivity contribution in [1.82, 2.24) is 15.3 Å². The number of nitrogens with zero attached hydrogens (tertiary/aromatic N) is 3. The van der Waals surface area contributed by atoms with Crippen LogP contribution in [-0.2, 0) is 0 Å². The topological polar surface area (TPSA) is 96.2 Å². The number of amides is 2. The van der Waals surface area contributed by atoms with E-state index in [2.05, 4.69) is 39.3 Å². The fourth-order valence-electron chi connectivity index (χ4n) is 4.32. The van der Waals surface area contributed by atoms with Crippen LogP contribution in [0, 0.1) is 17.8 Å². The number of carbonyl (C=O) groups is 1. The molecular weight excluding hydrogens is 340 g/mol. The van der Waals surface area contributed by atoms with E-state index in [1.165, 1.54) is 12.8 Å². The van der Waals surface area contributed by atoms with E-state index in [-0.39, 0.29) is 6.04 Å². The van der Waals surface area contributed by atoms with Crippen LogP contribution in [0.3, 0.4) is 0 Å². The van der Waals surface area contributed by atoms with Gasteiger partial charge in [0.05, 0.1) is 18.1 Å². The van der Waals surface area contributed by atoms with Gasteiger partial charge in [0, 0.05) is 25.7 Å². The molecule has 2 fully saturated rings. The monoisotopic (exact) mass is 374 g/mol. The van der Waals surface area contributed by atoms with Gasteiger partial charge in [0.15, 0.2) is 0 Å². The highest BCUT2D eigenvalue weighted by molar-refractivity contribution is 5.71. The third-order valence-corrected chi connectivity index (χ3v) is 6.19. The number of hydrogen-bond acceptors (Lipinski definition) is 5. The summed E-state index contributed by atoms with van der Waals surface area (Å²) in [4.78, 5) is 22.4. The summed E-state index contributed by atoms with van der Waals surface area (Å²) in [5.41, 5.74) is 6.18. The van der Waals surface area contributed by atoms with E-state index >= 15 is 0 Å². The molecular formula is C20H34N6O. The third kappa shape index (κ3) is 5.71. The lowest BCUT2D eigenvalue weighted by molar-refractivity contribution is 0.236. The third-order valence-electron chi connectivity index (χ3n) is 6.19. The highest BCUT2D eigenvalue weighted by atomic mass is 16.2. The van der Waals surface area contributed by atoms with Crippen LogP contribution in [0.5, 0.6) is 0 Å². The first kappa shape index (κ1) is 19.7. The second-order valence-electron chi connectivity index (χ2n) is 8.45. The lowest BCUT2D eigenvalue weighted by Gasteiger charge is -2.33. The lowest BCUT2D eigenvalue weighted by atomic mass is 9.86. The van der Waals surface area contributed by atoms with Crippen LogP contribution >= 0.6 is 0 Å². The normalized spacial score (nSPS) is 24.0. The average molecular weight is 375 g/mol. The number of piperidine rings is 1. The Balaban J connectivity index is 1.40. The zero-order chi connectivity index (χ0) is 19.2. The first-order chi connectivity index (χ1) is 13.0. The van der Waals surface area contributed by atoms with Crippen molar-refractivity contribution in [2.24, 2.45) is 23.5 Å². The van der Waals surface area contributed by atoms with E-state index in [0.29, 0.717) is 5.92 Å². The number of nitrogens with two attached hydrogens (primary N) is 1. The van der Waals surface area contributed by atoms with Gasteiger partial charge < -0.3 is 21.3 Å². The molecule has 1 saturated carbocycles. The van der Waals surface area contributed by atoms with Crippen molar-refractivity contribution in [3.8, 4) is 0 Å². The molecule has 1 saturated heterocycles. The Kier molecular flexibility index (Phi) is 6.74. The van der Waals surface area contributed by atoms with Crippen LogP contribution in [0.15, 0.2) is 12.4 Å². The largest absolute Gasteiger partial charge is 0.382 e. The second kappa shape index (κ2) is 9.24. The molecule has 2 heterocycles. The Morgan fingerprint density at radius 3 is 2.33 bits per heavy atom. The van der Waals surface area contributed by atoms with Gasteiger partial charge in [0.25, 0.3) is 0 Å². The number of aromatic nitrogens is 2. The van der Waals surface area contributed by atoms with Gasteiger partial charge in [0.1, 0.15) is 0 Å². The summed E-state index contributed by atoms with van der Waals surface area (Å²) in [5.74, 6) is 3.06. The first-order valence-corrected chi connectivity index (χ1v) is 10.4. The van der Waals surface area contributed by atoms with Crippen molar-refractivity contribution in [3.05, 3.63) is 12.4 Å². The van der Waals surface area contributed by atoms with Crippen molar-refractivity contribution in [3.63, 3.8) is 0 Å². The Labute approximate surface area is 162 Å². The maximum atomic E-state index is 10.9. The minimum absolute atomic E-state index is 0.237. The van der Waals surface area contributed by atoms with Gasteiger partial charge in [-0.1, -0.05) is 13.8 Å². The standard InChI is InChI=1S/C20H34N6O/c1-14(2)16-7-9-26(10-8-16)20-23-12-18(13-24-20)22-11-15-3-5-17(6-4-15)25-19(21)27/h12-17,22H,3-11H2,1-2H3,(H3,21,25,27)/t15-,17-. The molecule has 1 aliphatic heterocycles. The zero-order valence-corrected chi connectivity index (χ0v) is 16.7. The maximum absolute atomic E-state index is 10.9. The zero-order valence-electron chi connectivity index (χ0n) is 16.7. The molecule has 2 amide bonds. The van der Waals surface area contributed by atoms with Crippen molar-refractivity contribution in [2.75, 3.05) is 29.9 Å². The fourth-order valence-corrected chi connectivity index (χ4v) is 4.32. The molecule has 0 radical (unpaired) electrons. The molecule has 150 valence electrons. The van der Waals surface area contributed by atoms with E-state index in [1.54, 1.807) is 0 Å². The predicted molar refractivity (Wildman–Crippen MR) is 109 cm³/mol. The SMILES string of the molecule is CC(C)C1CCN(c2ncc(NC[C@H]3CC[C@H](NC(N)=O)CC3)cn2)CC1. The molecule has 2 aliphatic rings. The summed E-state index contributed by atoms with van der Waals surface area (Å²) in [6.07, 6.45) is 10.5. The van der Waals surface area contributed by atoms with Gasteiger partial charge in [-0.3, -0.25) is 0 Å². The van der Waals surface area contributed by atoms with Gasteiger partial charge >= 0.3 is 6.03 Å². The minimum Gasteiger partial charge on any atom is -0.382 e. The molecule has 7 nitrogen and oxygen atoms in total. The number of carbonyl (C=O) groups excluding carboxylic acids is 1. The van der Waals surface area contributed by atoms with Gasteiger partial charge in [-0.25, -0.2) is 14.8 Å². The highest BCUT2D eigenvalue weighted by Gasteiger charge is 2.23. The molecule has 1 aromatic rings. The quantitative estimate of drug-likeness (QED) is 0.711. The number of urea groups is 1. The first-order valence-electron chi connectivity index (χ1n) is 10.4. The van der Waals surface area contributed by atoms with E-state index in [1.807, 2.05) is 12.4 Å². The molecule has 0 unspecified atom stereocenters. The number of anilines is 2. The summed E-state index contributed by atoms with van der Waals surface area (Å²) < 4.78 is 0. The molecule has 4 N–H and O–H groups in total. The number of nitrogens with one attached hydrogen (secondary N) is 2. The van der Waals surface area contributed by atoms with Crippen LogP contribution in [0.1, 0.15) is 52.4 Å². The summed E-state index contributed by atoms with van der Waals surface area (Å²) in [5, 5.41) is 6.28. The van der Waals surface area contributed by atoms with Crippen molar-refractivity contribution in [1.29, 1.82) is 0 Å². The predicted octanol–water partition coefficient (Wildman–Crippen LogP) is 2.99. The lowest BCUT2D eigenvalue weighted by Crippen LogP contribution is -2.41. The average Bonchev–Trinajstić information content (AvgIpc) is 2.67. The summed E-state index contributed by atoms with van der Waals surface area (Å²) >= 11 is 0. The maximum Gasteiger partial charge on any atom is 0.312 e. The van der Waals surface area contributed by atoms with Crippen LogP contribution in [0.4, 0.5) is 16.4 Å². The molecule has 3 rings (SSSR count). The van der Waals surface area contributed by atoms with Crippen LogP contribution in [-0.4, -0.2) is 41.7 Å². The summed E-state index contributed by atoms with van der Waals surface area (Å²) in [6.45, 7) is 7.66. The minimum atomic E-state index is -0.415. The van der Waals surface area contributed by atoms with Gasteiger partial charge in [0.2, 0.25) is 5.95 Å². The van der Waals surface area contributed by atoms with Crippen LogP contribution < -0.4 is 21.3 Å². The van der Waals surface area contributed by atoms with Crippen molar-refractivity contribution < 1.29 is 4.79 Å². The fraction of sp³-hybridized carbons (Fsp3) is 0.750. The molecule has 1 aromatic heterocycles. The summed E-state index contributed by atoms with van der Waals surface area (Å²) in [6, 6.07) is -0.177. The molecule has 1 aliphatic carbocycles. The van der Waals surface area contributed by atoms with E-state index in [0.717, 1.165) is 68.8 Å². The van der Waals surface area contributed by atoms with Gasteiger partial charge in [-0.15, -0.1) is 0 Å². The molecule has 0 atom stereocenters. The van der Waals surface area contributed by atoms with E-state index in [4.69, 9.17) is 5.73 Å². The van der Waals surface area contributed by atoms with E-state index < -0.39 is 6.03 Å². The smallest absolute Gasteiger partial charge is 0.312 e. The van der Waals surface area contributed by atoms with Crippen molar-refractivity contribution in [2.45, 2.75) is 58.4 Å². The summed E-state index contributed by atoms with van der Waals surface area (Å²) in [7, 11) is 0. The van der Waals surface area contributed by atoms with Crippen molar-refractivity contribution >= 4 is 17.7 Å². The highest BCUT2D eigenvalue weighted by Crippen LogP contribution is 2.27. The number of rotatable bonds is 6. The number of hydrogen-bond donors (Lipinski definition) is 3. The molecule has 27 heavy (non-hydrogen) atoms. The molecule has 0 bridgehead atoms. The van der Waals surface area contributed by atoms with Crippen LogP contribution in [0.2, 0.25) is 0 Å². The Morgan fingerprint density at radius 1 is 1.15 bits per heavy atom.